The lowest BCUT2D eigenvalue weighted by atomic mass is 9.85. The lowest BCUT2D eigenvalue weighted by Gasteiger charge is -2.40. The second-order valence-electron chi connectivity index (χ2n) is 9.03. The zero-order valence-corrected chi connectivity index (χ0v) is 16.5. The number of rotatable bonds is 5. The summed E-state index contributed by atoms with van der Waals surface area (Å²) >= 11 is 0. The molecule has 4 rings (SSSR count). The lowest BCUT2D eigenvalue weighted by molar-refractivity contribution is 0.0939. The third-order valence-corrected chi connectivity index (χ3v) is 7.18. The van der Waals surface area contributed by atoms with Gasteiger partial charge in [-0.05, 0) is 86.7 Å². The van der Waals surface area contributed by atoms with Crippen LogP contribution in [-0.2, 0) is 0 Å². The molecule has 2 bridgehead atoms. The van der Waals surface area contributed by atoms with E-state index in [1.54, 1.807) is 7.11 Å². The number of benzene rings is 1. The van der Waals surface area contributed by atoms with E-state index in [1.807, 2.05) is 26.0 Å². The van der Waals surface area contributed by atoms with Crippen molar-refractivity contribution in [3.63, 3.8) is 0 Å². The summed E-state index contributed by atoms with van der Waals surface area (Å²) in [5.74, 6) is 3.72. The van der Waals surface area contributed by atoms with Crippen LogP contribution >= 0.6 is 0 Å². The predicted octanol–water partition coefficient (Wildman–Crippen LogP) is 4.90. The van der Waals surface area contributed by atoms with E-state index in [0.29, 0.717) is 5.92 Å². The molecule has 0 aromatic heterocycles. The molecule has 0 N–H and O–H groups in total. The molecule has 1 aromatic carbocycles. The molecule has 2 saturated carbocycles. The Morgan fingerprint density at radius 3 is 2.46 bits per heavy atom. The van der Waals surface area contributed by atoms with Crippen LogP contribution in [0.15, 0.2) is 18.2 Å². The number of nitrogens with zero attached hydrogens (tertiary/aromatic N) is 1. The Kier molecular flexibility index (Phi) is 5.09. The minimum Gasteiger partial charge on any atom is -0.496 e. The molecule has 0 amide bonds. The van der Waals surface area contributed by atoms with Crippen molar-refractivity contribution in [2.75, 3.05) is 20.2 Å². The van der Waals surface area contributed by atoms with Crippen molar-refractivity contribution < 1.29 is 9.53 Å². The van der Waals surface area contributed by atoms with Gasteiger partial charge in [-0.1, -0.05) is 20.3 Å². The summed E-state index contributed by atoms with van der Waals surface area (Å²) in [5.41, 5.74) is 2.08. The van der Waals surface area contributed by atoms with Gasteiger partial charge < -0.3 is 9.64 Å². The van der Waals surface area contributed by atoms with Gasteiger partial charge in [0.15, 0.2) is 5.78 Å². The zero-order chi connectivity index (χ0) is 18.3. The van der Waals surface area contributed by atoms with E-state index in [4.69, 9.17) is 4.74 Å². The van der Waals surface area contributed by atoms with Crippen molar-refractivity contribution in [3.05, 3.63) is 29.3 Å². The van der Waals surface area contributed by atoms with E-state index in [0.717, 1.165) is 29.2 Å². The fourth-order valence-corrected chi connectivity index (χ4v) is 5.74. The quantitative estimate of drug-likeness (QED) is 0.704. The van der Waals surface area contributed by atoms with Crippen LogP contribution in [0.3, 0.4) is 0 Å². The molecule has 3 nitrogen and oxygen atoms in total. The summed E-state index contributed by atoms with van der Waals surface area (Å²) in [6, 6.07) is 6.88. The molecule has 2 aliphatic carbocycles. The van der Waals surface area contributed by atoms with Crippen LogP contribution in [0.2, 0.25) is 0 Å². The summed E-state index contributed by atoms with van der Waals surface area (Å²) < 4.78 is 5.64. The van der Waals surface area contributed by atoms with Crippen LogP contribution < -0.4 is 4.74 Å². The van der Waals surface area contributed by atoms with E-state index in [1.165, 1.54) is 57.2 Å². The number of Topliss-reactive ketones (excluding diaryl/α,β-unsaturated/α-hetero) is 1. The highest BCUT2D eigenvalue weighted by Crippen LogP contribution is 2.48. The first kappa shape index (κ1) is 18.0. The second-order valence-corrected chi connectivity index (χ2v) is 9.03. The topological polar surface area (TPSA) is 29.5 Å². The van der Waals surface area contributed by atoms with Crippen molar-refractivity contribution in [2.45, 2.75) is 64.3 Å². The molecule has 3 fully saturated rings. The van der Waals surface area contributed by atoms with Crippen molar-refractivity contribution in [1.82, 2.24) is 4.90 Å². The Balaban J connectivity index is 1.46. The minimum absolute atomic E-state index is 0.0379. The van der Waals surface area contributed by atoms with Crippen LogP contribution in [-0.4, -0.2) is 36.9 Å². The number of carbonyl (C=O) groups is 1. The van der Waals surface area contributed by atoms with Gasteiger partial charge in [0.1, 0.15) is 5.75 Å². The standard InChI is InChI=1S/C23H33NO2/c1-15(2)23(25)19-6-7-22(26-3)20(14-19)17-8-10-24(11-9-17)21-13-16-4-5-18(21)12-16/h6-7,14-18,21H,4-5,8-13H2,1-3H3/t16-,18+,21+/m0/s1. The van der Waals surface area contributed by atoms with Gasteiger partial charge in [0.05, 0.1) is 7.11 Å². The summed E-state index contributed by atoms with van der Waals surface area (Å²) in [6.45, 7) is 6.34. The maximum Gasteiger partial charge on any atom is 0.165 e. The van der Waals surface area contributed by atoms with E-state index in [9.17, 15) is 4.79 Å². The molecule has 0 spiro atoms. The van der Waals surface area contributed by atoms with E-state index in [-0.39, 0.29) is 11.7 Å². The van der Waals surface area contributed by atoms with E-state index >= 15 is 0 Å². The number of carbonyl (C=O) groups excluding carboxylic acids is 1. The number of hydrogen-bond acceptors (Lipinski definition) is 3. The molecule has 0 radical (unpaired) electrons. The van der Waals surface area contributed by atoms with Gasteiger partial charge in [-0.3, -0.25) is 4.79 Å². The largest absolute Gasteiger partial charge is 0.496 e. The fourth-order valence-electron chi connectivity index (χ4n) is 5.74. The summed E-state index contributed by atoms with van der Waals surface area (Å²) in [5, 5.41) is 0. The first-order valence-electron chi connectivity index (χ1n) is 10.5. The summed E-state index contributed by atoms with van der Waals surface area (Å²) in [6.07, 6.45) is 8.23. The molecular formula is C23H33NO2. The van der Waals surface area contributed by atoms with Gasteiger partial charge in [0.2, 0.25) is 0 Å². The molecule has 3 atom stereocenters. The average molecular weight is 356 g/mol. The summed E-state index contributed by atoms with van der Waals surface area (Å²) in [4.78, 5) is 15.2. The number of fused-ring (bicyclic) bond motifs is 2. The molecular weight excluding hydrogens is 322 g/mol. The third kappa shape index (κ3) is 3.31. The number of likely N-dealkylation sites (tertiary alicyclic amines) is 1. The van der Waals surface area contributed by atoms with Crippen LogP contribution in [0.25, 0.3) is 0 Å². The smallest absolute Gasteiger partial charge is 0.165 e. The molecule has 1 saturated heterocycles. The average Bonchev–Trinajstić information content (AvgIpc) is 3.30. The van der Waals surface area contributed by atoms with Gasteiger partial charge >= 0.3 is 0 Å². The number of methoxy groups -OCH3 is 1. The Morgan fingerprint density at radius 2 is 1.88 bits per heavy atom. The van der Waals surface area contributed by atoms with Crippen molar-refractivity contribution in [1.29, 1.82) is 0 Å². The Morgan fingerprint density at radius 1 is 1.12 bits per heavy atom. The first-order chi connectivity index (χ1) is 12.6. The second kappa shape index (κ2) is 7.34. The molecule has 26 heavy (non-hydrogen) atoms. The molecule has 1 heterocycles. The normalized spacial score (nSPS) is 29.5. The van der Waals surface area contributed by atoms with Crippen molar-refractivity contribution >= 4 is 5.78 Å². The lowest BCUT2D eigenvalue weighted by Crippen LogP contribution is -2.43. The summed E-state index contributed by atoms with van der Waals surface area (Å²) in [7, 11) is 1.74. The van der Waals surface area contributed by atoms with Gasteiger partial charge in [-0.2, -0.15) is 0 Å². The fraction of sp³-hybridized carbons (Fsp3) is 0.696. The molecule has 3 heteroatoms. The number of ketones is 1. The Bertz CT molecular complexity index is 660. The monoisotopic (exact) mass is 355 g/mol. The van der Waals surface area contributed by atoms with Gasteiger partial charge in [-0.15, -0.1) is 0 Å². The number of ether oxygens (including phenoxy) is 1. The van der Waals surface area contributed by atoms with Crippen LogP contribution in [0.5, 0.6) is 5.75 Å². The Labute approximate surface area is 158 Å². The van der Waals surface area contributed by atoms with Gasteiger partial charge in [0.25, 0.3) is 0 Å². The van der Waals surface area contributed by atoms with E-state index < -0.39 is 0 Å². The maximum absolute atomic E-state index is 12.4. The van der Waals surface area contributed by atoms with Crippen molar-refractivity contribution in [2.24, 2.45) is 17.8 Å². The highest BCUT2D eigenvalue weighted by Gasteiger charge is 2.43. The predicted molar refractivity (Wildman–Crippen MR) is 105 cm³/mol. The molecule has 1 aliphatic heterocycles. The van der Waals surface area contributed by atoms with E-state index in [2.05, 4.69) is 11.0 Å². The molecule has 1 aromatic rings. The SMILES string of the molecule is COc1ccc(C(=O)C(C)C)cc1C1CCN([C@@H]2C[C@H]3CC[C@@H]2C3)CC1. The highest BCUT2D eigenvalue weighted by molar-refractivity contribution is 5.97. The highest BCUT2D eigenvalue weighted by atomic mass is 16.5. The zero-order valence-electron chi connectivity index (χ0n) is 16.5. The Hall–Kier alpha value is -1.35. The first-order valence-corrected chi connectivity index (χ1v) is 10.5. The maximum atomic E-state index is 12.4. The van der Waals surface area contributed by atoms with Crippen molar-refractivity contribution in [3.8, 4) is 5.75 Å². The van der Waals surface area contributed by atoms with Crippen LogP contribution in [0, 0.1) is 17.8 Å². The molecule has 3 aliphatic rings. The third-order valence-electron chi connectivity index (χ3n) is 7.18. The van der Waals surface area contributed by atoms with Crippen LogP contribution in [0.1, 0.15) is 74.2 Å². The molecule has 142 valence electrons. The number of piperidine rings is 1. The molecule has 0 unspecified atom stereocenters. The van der Waals surface area contributed by atoms with Crippen LogP contribution in [0.4, 0.5) is 0 Å². The van der Waals surface area contributed by atoms with Gasteiger partial charge in [-0.25, -0.2) is 0 Å². The number of hydrogen-bond donors (Lipinski definition) is 0. The minimum atomic E-state index is 0.0379. The van der Waals surface area contributed by atoms with Gasteiger partial charge in [0, 0.05) is 17.5 Å².